The first kappa shape index (κ1) is 12.0. The third kappa shape index (κ3) is 2.53. The minimum atomic E-state index is 0.367. The summed E-state index contributed by atoms with van der Waals surface area (Å²) in [6.45, 7) is 2.40. The fourth-order valence-electron chi connectivity index (χ4n) is 1.87. The lowest BCUT2D eigenvalue weighted by Gasteiger charge is -2.05. The van der Waals surface area contributed by atoms with E-state index in [4.69, 9.17) is 16.3 Å². The molecule has 5 heteroatoms. The fourth-order valence-corrected chi connectivity index (χ4v) is 2.02. The number of nitrogens with zero attached hydrogens (tertiary/aromatic N) is 3. The number of aryl methyl sites for hydroxylation is 1. The fraction of sp³-hybridized carbons (Fsp3) is 0.143. The minimum Gasteiger partial charge on any atom is -0.486 e. The minimum absolute atomic E-state index is 0.367. The van der Waals surface area contributed by atoms with Crippen LogP contribution in [0.25, 0.3) is 5.65 Å². The van der Waals surface area contributed by atoms with E-state index in [-0.39, 0.29) is 0 Å². The van der Waals surface area contributed by atoms with Crippen LogP contribution < -0.4 is 4.74 Å². The number of pyridine rings is 1. The van der Waals surface area contributed by atoms with Crippen LogP contribution in [0.4, 0.5) is 0 Å². The van der Waals surface area contributed by atoms with E-state index in [1.807, 2.05) is 41.8 Å². The normalized spacial score (nSPS) is 10.8. The Kier molecular flexibility index (Phi) is 3.09. The van der Waals surface area contributed by atoms with Gasteiger partial charge in [-0.05, 0) is 30.7 Å². The Balaban J connectivity index is 1.82. The van der Waals surface area contributed by atoms with Crippen molar-refractivity contribution in [2.24, 2.45) is 0 Å². The van der Waals surface area contributed by atoms with Crippen molar-refractivity contribution in [2.75, 3.05) is 0 Å². The van der Waals surface area contributed by atoms with Gasteiger partial charge < -0.3 is 4.74 Å². The highest BCUT2D eigenvalue weighted by Crippen LogP contribution is 2.15. The summed E-state index contributed by atoms with van der Waals surface area (Å²) in [7, 11) is 0. The molecule has 0 aliphatic heterocycles. The monoisotopic (exact) mass is 273 g/mol. The van der Waals surface area contributed by atoms with Crippen LogP contribution in [0, 0.1) is 6.92 Å². The third-order valence-corrected chi connectivity index (χ3v) is 3.04. The van der Waals surface area contributed by atoms with Crippen LogP contribution >= 0.6 is 11.6 Å². The number of benzene rings is 1. The average molecular weight is 274 g/mol. The van der Waals surface area contributed by atoms with E-state index in [2.05, 4.69) is 10.2 Å². The second kappa shape index (κ2) is 4.90. The number of ether oxygens (including phenoxy) is 1. The summed E-state index contributed by atoms with van der Waals surface area (Å²) in [5, 5.41) is 8.81. The molecule has 0 N–H and O–H groups in total. The first-order valence-corrected chi connectivity index (χ1v) is 6.29. The van der Waals surface area contributed by atoms with Crippen LogP contribution in [-0.2, 0) is 6.61 Å². The predicted molar refractivity (Wildman–Crippen MR) is 73.5 cm³/mol. The first-order chi connectivity index (χ1) is 9.22. The Hall–Kier alpha value is -2.07. The lowest BCUT2D eigenvalue weighted by Crippen LogP contribution is -2.01. The van der Waals surface area contributed by atoms with Gasteiger partial charge in [-0.2, -0.15) is 0 Å². The first-order valence-electron chi connectivity index (χ1n) is 5.91. The van der Waals surface area contributed by atoms with E-state index in [1.165, 1.54) is 0 Å². The average Bonchev–Trinajstić information content (AvgIpc) is 2.78. The molecule has 0 spiro atoms. The van der Waals surface area contributed by atoms with Gasteiger partial charge in [0.15, 0.2) is 11.5 Å². The van der Waals surface area contributed by atoms with E-state index in [1.54, 1.807) is 12.1 Å². The van der Waals surface area contributed by atoms with Crippen LogP contribution in [-0.4, -0.2) is 14.6 Å². The zero-order valence-electron chi connectivity index (χ0n) is 10.4. The zero-order chi connectivity index (χ0) is 13.2. The van der Waals surface area contributed by atoms with Gasteiger partial charge in [0.1, 0.15) is 12.4 Å². The smallest absolute Gasteiger partial charge is 0.175 e. The maximum atomic E-state index is 5.91. The van der Waals surface area contributed by atoms with Crippen molar-refractivity contribution < 1.29 is 4.74 Å². The van der Waals surface area contributed by atoms with E-state index in [0.29, 0.717) is 11.6 Å². The van der Waals surface area contributed by atoms with Gasteiger partial charge in [-0.15, -0.1) is 10.2 Å². The highest BCUT2D eigenvalue weighted by Gasteiger charge is 2.06. The summed E-state index contributed by atoms with van der Waals surface area (Å²) in [4.78, 5) is 0. The Labute approximate surface area is 115 Å². The molecule has 2 heterocycles. The van der Waals surface area contributed by atoms with Crippen LogP contribution in [0.1, 0.15) is 11.4 Å². The second-order valence-corrected chi connectivity index (χ2v) is 4.73. The molecular formula is C14H12ClN3O. The van der Waals surface area contributed by atoms with Gasteiger partial charge in [0.25, 0.3) is 0 Å². The highest BCUT2D eigenvalue weighted by atomic mass is 35.5. The number of rotatable bonds is 3. The molecule has 0 bridgehead atoms. The van der Waals surface area contributed by atoms with E-state index in [0.717, 1.165) is 22.8 Å². The molecule has 0 radical (unpaired) electrons. The highest BCUT2D eigenvalue weighted by molar-refractivity contribution is 6.30. The van der Waals surface area contributed by atoms with Crippen LogP contribution in [0.2, 0.25) is 5.02 Å². The topological polar surface area (TPSA) is 39.4 Å². The van der Waals surface area contributed by atoms with Crippen LogP contribution in [0.15, 0.2) is 42.6 Å². The van der Waals surface area contributed by atoms with E-state index in [9.17, 15) is 0 Å². The van der Waals surface area contributed by atoms with Crippen molar-refractivity contribution >= 4 is 17.2 Å². The van der Waals surface area contributed by atoms with Crippen molar-refractivity contribution in [3.63, 3.8) is 0 Å². The Morgan fingerprint density at radius 1 is 1.21 bits per heavy atom. The largest absolute Gasteiger partial charge is 0.486 e. The molecule has 0 amide bonds. The van der Waals surface area contributed by atoms with Gasteiger partial charge in [0.05, 0.1) is 0 Å². The molecule has 4 nitrogen and oxygen atoms in total. The molecule has 0 saturated heterocycles. The summed E-state index contributed by atoms with van der Waals surface area (Å²) in [5.41, 5.74) is 1.88. The van der Waals surface area contributed by atoms with Gasteiger partial charge in [-0.25, -0.2) is 0 Å². The molecule has 3 rings (SSSR count). The third-order valence-electron chi connectivity index (χ3n) is 2.80. The Morgan fingerprint density at radius 2 is 2.11 bits per heavy atom. The number of halogens is 1. The quantitative estimate of drug-likeness (QED) is 0.735. The number of hydrogen-bond acceptors (Lipinski definition) is 3. The SMILES string of the molecule is Cc1cccc(OCc2nnc3cc(Cl)ccn23)c1. The molecule has 0 saturated carbocycles. The van der Waals surface area contributed by atoms with Gasteiger partial charge in [-0.1, -0.05) is 23.7 Å². The lowest BCUT2D eigenvalue weighted by atomic mass is 10.2. The predicted octanol–water partition coefficient (Wildman–Crippen LogP) is 3.27. The van der Waals surface area contributed by atoms with E-state index >= 15 is 0 Å². The molecule has 0 unspecified atom stereocenters. The number of fused-ring (bicyclic) bond motifs is 1. The molecule has 0 aliphatic rings. The molecule has 96 valence electrons. The van der Waals surface area contributed by atoms with Crippen molar-refractivity contribution in [1.82, 2.24) is 14.6 Å². The summed E-state index contributed by atoms with van der Waals surface area (Å²) >= 11 is 5.91. The second-order valence-electron chi connectivity index (χ2n) is 4.29. The zero-order valence-corrected chi connectivity index (χ0v) is 11.1. The number of hydrogen-bond donors (Lipinski definition) is 0. The summed E-state index contributed by atoms with van der Waals surface area (Å²) in [6.07, 6.45) is 1.84. The molecule has 3 aromatic rings. The molecule has 19 heavy (non-hydrogen) atoms. The van der Waals surface area contributed by atoms with Crippen LogP contribution in [0.3, 0.4) is 0 Å². The van der Waals surface area contributed by atoms with Crippen molar-refractivity contribution in [3.05, 3.63) is 59.0 Å². The molecule has 0 fully saturated rings. The van der Waals surface area contributed by atoms with Gasteiger partial charge >= 0.3 is 0 Å². The van der Waals surface area contributed by atoms with E-state index < -0.39 is 0 Å². The van der Waals surface area contributed by atoms with Gasteiger partial charge in [0.2, 0.25) is 0 Å². The maximum Gasteiger partial charge on any atom is 0.175 e. The Bertz CT molecular complexity index is 724. The summed E-state index contributed by atoms with van der Waals surface area (Å²) in [6, 6.07) is 11.5. The lowest BCUT2D eigenvalue weighted by molar-refractivity contribution is 0.294. The van der Waals surface area contributed by atoms with Crippen molar-refractivity contribution in [3.8, 4) is 5.75 Å². The van der Waals surface area contributed by atoms with Crippen molar-refractivity contribution in [2.45, 2.75) is 13.5 Å². The standard InChI is InChI=1S/C14H12ClN3O/c1-10-3-2-4-12(7-10)19-9-14-17-16-13-8-11(15)5-6-18(13)14/h2-8H,9H2,1H3. The maximum absolute atomic E-state index is 5.91. The molecular weight excluding hydrogens is 262 g/mol. The van der Waals surface area contributed by atoms with Gasteiger partial charge in [-0.3, -0.25) is 4.40 Å². The Morgan fingerprint density at radius 3 is 2.95 bits per heavy atom. The van der Waals surface area contributed by atoms with Crippen LogP contribution in [0.5, 0.6) is 5.75 Å². The summed E-state index contributed by atoms with van der Waals surface area (Å²) in [5.74, 6) is 1.57. The molecule has 2 aromatic heterocycles. The summed E-state index contributed by atoms with van der Waals surface area (Å²) < 4.78 is 7.58. The molecule has 1 aromatic carbocycles. The van der Waals surface area contributed by atoms with Crippen molar-refractivity contribution in [1.29, 1.82) is 0 Å². The molecule has 0 aliphatic carbocycles. The molecule has 0 atom stereocenters. The number of aromatic nitrogens is 3. The van der Waals surface area contributed by atoms with Gasteiger partial charge in [0, 0.05) is 17.3 Å².